The molecule has 1 heterocycles. The highest BCUT2D eigenvalue weighted by atomic mass is 16.5. The standard InChI is InChI=1S/C16H23NO2/c1-17-10-15-7-8-16(19-15)11-18-14-6-5-12-3-2-4-13(12)9-14/h5-6,9,15-17H,2-4,7-8,10-11H2,1H3. The van der Waals surface area contributed by atoms with Crippen molar-refractivity contribution in [2.45, 2.75) is 44.3 Å². The molecule has 0 radical (unpaired) electrons. The highest BCUT2D eigenvalue weighted by molar-refractivity contribution is 5.38. The van der Waals surface area contributed by atoms with E-state index in [1.165, 1.54) is 30.4 Å². The van der Waals surface area contributed by atoms with Crippen LogP contribution in [0.4, 0.5) is 0 Å². The third-order valence-electron chi connectivity index (χ3n) is 4.13. The molecule has 3 rings (SSSR count). The van der Waals surface area contributed by atoms with Gasteiger partial charge in [0.05, 0.1) is 12.2 Å². The summed E-state index contributed by atoms with van der Waals surface area (Å²) in [6, 6.07) is 6.53. The Hall–Kier alpha value is -1.06. The molecule has 0 spiro atoms. The van der Waals surface area contributed by atoms with Crippen LogP contribution < -0.4 is 10.1 Å². The molecular formula is C16H23NO2. The van der Waals surface area contributed by atoms with E-state index in [9.17, 15) is 0 Å². The number of hydrogen-bond acceptors (Lipinski definition) is 3. The number of fused-ring (bicyclic) bond motifs is 1. The Morgan fingerprint density at radius 1 is 1.21 bits per heavy atom. The summed E-state index contributed by atoms with van der Waals surface area (Å²) in [4.78, 5) is 0. The fourth-order valence-electron chi connectivity index (χ4n) is 3.11. The first-order valence-corrected chi connectivity index (χ1v) is 7.40. The minimum atomic E-state index is 0.256. The number of ether oxygens (including phenoxy) is 2. The van der Waals surface area contributed by atoms with E-state index in [-0.39, 0.29) is 6.10 Å². The summed E-state index contributed by atoms with van der Waals surface area (Å²) in [7, 11) is 1.97. The Morgan fingerprint density at radius 2 is 2.05 bits per heavy atom. The van der Waals surface area contributed by atoms with E-state index < -0.39 is 0 Å². The molecule has 2 unspecified atom stereocenters. The van der Waals surface area contributed by atoms with Crippen LogP contribution in [-0.4, -0.2) is 32.4 Å². The van der Waals surface area contributed by atoms with E-state index in [2.05, 4.69) is 23.5 Å². The third kappa shape index (κ3) is 3.10. The smallest absolute Gasteiger partial charge is 0.119 e. The van der Waals surface area contributed by atoms with Crippen LogP contribution in [-0.2, 0) is 17.6 Å². The van der Waals surface area contributed by atoms with Gasteiger partial charge < -0.3 is 14.8 Å². The van der Waals surface area contributed by atoms with Crippen LogP contribution in [0, 0.1) is 0 Å². The van der Waals surface area contributed by atoms with Gasteiger partial charge >= 0.3 is 0 Å². The molecule has 1 aromatic rings. The average Bonchev–Trinajstić information content (AvgIpc) is 3.04. The van der Waals surface area contributed by atoms with E-state index >= 15 is 0 Å². The van der Waals surface area contributed by atoms with Crippen LogP contribution in [0.15, 0.2) is 18.2 Å². The maximum atomic E-state index is 5.93. The van der Waals surface area contributed by atoms with Crippen LogP contribution in [0.5, 0.6) is 5.75 Å². The van der Waals surface area contributed by atoms with Gasteiger partial charge in [0, 0.05) is 6.54 Å². The molecule has 0 aromatic heterocycles. The van der Waals surface area contributed by atoms with Gasteiger partial charge in [0.25, 0.3) is 0 Å². The van der Waals surface area contributed by atoms with Gasteiger partial charge in [-0.25, -0.2) is 0 Å². The summed E-state index contributed by atoms with van der Waals surface area (Å²) >= 11 is 0. The molecule has 104 valence electrons. The zero-order chi connectivity index (χ0) is 13.1. The molecule has 1 aromatic carbocycles. The predicted molar refractivity (Wildman–Crippen MR) is 75.8 cm³/mol. The van der Waals surface area contributed by atoms with Gasteiger partial charge in [-0.3, -0.25) is 0 Å². The summed E-state index contributed by atoms with van der Waals surface area (Å²) in [5, 5.41) is 3.17. The lowest BCUT2D eigenvalue weighted by atomic mass is 10.1. The Morgan fingerprint density at radius 3 is 2.95 bits per heavy atom. The van der Waals surface area contributed by atoms with Gasteiger partial charge in [-0.1, -0.05) is 6.07 Å². The molecule has 3 heteroatoms. The van der Waals surface area contributed by atoms with Crippen molar-refractivity contribution in [3.05, 3.63) is 29.3 Å². The van der Waals surface area contributed by atoms with Crippen molar-refractivity contribution in [2.75, 3.05) is 20.2 Å². The molecule has 0 saturated carbocycles. The second kappa shape index (κ2) is 5.93. The first-order valence-electron chi connectivity index (χ1n) is 7.40. The molecule has 2 atom stereocenters. The monoisotopic (exact) mass is 261 g/mol. The molecule has 1 aliphatic carbocycles. The quantitative estimate of drug-likeness (QED) is 0.882. The summed E-state index contributed by atoms with van der Waals surface area (Å²) < 4.78 is 11.8. The van der Waals surface area contributed by atoms with Crippen molar-refractivity contribution in [3.8, 4) is 5.75 Å². The van der Waals surface area contributed by atoms with Crippen LogP contribution in [0.2, 0.25) is 0 Å². The molecule has 3 nitrogen and oxygen atoms in total. The molecule has 1 saturated heterocycles. The summed E-state index contributed by atoms with van der Waals surface area (Å²) in [5.41, 5.74) is 2.97. The average molecular weight is 261 g/mol. The zero-order valence-electron chi connectivity index (χ0n) is 11.7. The Balaban J connectivity index is 1.50. The van der Waals surface area contributed by atoms with Crippen LogP contribution in [0.3, 0.4) is 0 Å². The lowest BCUT2D eigenvalue weighted by Crippen LogP contribution is -2.25. The highest BCUT2D eigenvalue weighted by Gasteiger charge is 2.25. The predicted octanol–water partition coefficient (Wildman–Crippen LogP) is 2.32. The molecule has 1 aliphatic heterocycles. The number of likely N-dealkylation sites (N-methyl/N-ethyl adjacent to an activating group) is 1. The Kier molecular flexibility index (Phi) is 4.04. The number of benzene rings is 1. The maximum absolute atomic E-state index is 5.93. The maximum Gasteiger partial charge on any atom is 0.119 e. The van der Waals surface area contributed by atoms with E-state index in [1.807, 2.05) is 7.05 Å². The first-order chi connectivity index (χ1) is 9.35. The molecule has 19 heavy (non-hydrogen) atoms. The fourth-order valence-corrected chi connectivity index (χ4v) is 3.11. The fraction of sp³-hybridized carbons (Fsp3) is 0.625. The lowest BCUT2D eigenvalue weighted by Gasteiger charge is -2.15. The first kappa shape index (κ1) is 12.9. The van der Waals surface area contributed by atoms with E-state index in [4.69, 9.17) is 9.47 Å². The van der Waals surface area contributed by atoms with Crippen molar-refractivity contribution in [1.29, 1.82) is 0 Å². The minimum absolute atomic E-state index is 0.256. The highest BCUT2D eigenvalue weighted by Crippen LogP contribution is 2.27. The molecule has 2 aliphatic rings. The van der Waals surface area contributed by atoms with Crippen molar-refractivity contribution in [2.24, 2.45) is 0 Å². The van der Waals surface area contributed by atoms with E-state index in [0.717, 1.165) is 25.1 Å². The van der Waals surface area contributed by atoms with Crippen LogP contribution >= 0.6 is 0 Å². The number of aryl methyl sites for hydroxylation is 2. The molecular weight excluding hydrogens is 238 g/mol. The van der Waals surface area contributed by atoms with Crippen molar-refractivity contribution in [1.82, 2.24) is 5.32 Å². The van der Waals surface area contributed by atoms with E-state index in [0.29, 0.717) is 12.7 Å². The van der Waals surface area contributed by atoms with Gasteiger partial charge in [-0.05, 0) is 62.4 Å². The van der Waals surface area contributed by atoms with Gasteiger partial charge in [-0.2, -0.15) is 0 Å². The van der Waals surface area contributed by atoms with Gasteiger partial charge in [0.1, 0.15) is 12.4 Å². The van der Waals surface area contributed by atoms with Crippen LogP contribution in [0.1, 0.15) is 30.4 Å². The normalized spacial score (nSPS) is 25.5. The summed E-state index contributed by atoms with van der Waals surface area (Å²) in [6.45, 7) is 1.62. The summed E-state index contributed by atoms with van der Waals surface area (Å²) in [6.07, 6.45) is 6.58. The molecule has 1 fully saturated rings. The topological polar surface area (TPSA) is 30.5 Å². The van der Waals surface area contributed by atoms with Gasteiger partial charge in [-0.15, -0.1) is 0 Å². The molecule has 0 amide bonds. The van der Waals surface area contributed by atoms with Crippen molar-refractivity contribution in [3.63, 3.8) is 0 Å². The van der Waals surface area contributed by atoms with Gasteiger partial charge in [0.2, 0.25) is 0 Å². The van der Waals surface area contributed by atoms with E-state index in [1.54, 1.807) is 0 Å². The van der Waals surface area contributed by atoms with Crippen molar-refractivity contribution >= 4 is 0 Å². The number of nitrogens with one attached hydrogen (secondary N) is 1. The lowest BCUT2D eigenvalue weighted by molar-refractivity contribution is 0.0193. The second-order valence-electron chi connectivity index (χ2n) is 5.61. The molecule has 1 N–H and O–H groups in total. The van der Waals surface area contributed by atoms with Crippen molar-refractivity contribution < 1.29 is 9.47 Å². The number of hydrogen-bond donors (Lipinski definition) is 1. The Labute approximate surface area is 115 Å². The largest absolute Gasteiger partial charge is 0.491 e. The second-order valence-corrected chi connectivity index (χ2v) is 5.61. The summed E-state index contributed by atoms with van der Waals surface area (Å²) in [5.74, 6) is 1.00. The Bertz CT molecular complexity index is 433. The minimum Gasteiger partial charge on any atom is -0.491 e. The van der Waals surface area contributed by atoms with Gasteiger partial charge in [0.15, 0.2) is 0 Å². The molecule has 0 bridgehead atoms. The third-order valence-corrected chi connectivity index (χ3v) is 4.13. The number of rotatable bonds is 5. The van der Waals surface area contributed by atoms with Crippen LogP contribution in [0.25, 0.3) is 0 Å². The SMILES string of the molecule is CNCC1CCC(COc2ccc3c(c2)CCC3)O1. The zero-order valence-corrected chi connectivity index (χ0v) is 11.7.